The molecule has 0 aliphatic carbocycles. The van der Waals surface area contributed by atoms with E-state index in [0.29, 0.717) is 19.5 Å². The fraction of sp³-hybridized carbons (Fsp3) is 0.917. The Labute approximate surface area is 103 Å². The molecule has 0 bridgehead atoms. The molecule has 0 unspecified atom stereocenters. The van der Waals surface area contributed by atoms with Crippen molar-refractivity contribution < 1.29 is 9.90 Å². The van der Waals surface area contributed by atoms with Crippen molar-refractivity contribution in [3.05, 3.63) is 0 Å². The standard InChI is InChI=1S/C12H23NO2S/c1-9(2)12(15)8-13(7-10(12)3)11(14)5-6-16-4/h9-10,15H,5-8H2,1-4H3/t10-,12-/m0/s1. The fourth-order valence-electron chi connectivity index (χ4n) is 2.30. The van der Waals surface area contributed by atoms with E-state index in [1.165, 1.54) is 0 Å². The molecular weight excluding hydrogens is 222 g/mol. The van der Waals surface area contributed by atoms with Gasteiger partial charge in [-0.1, -0.05) is 20.8 Å². The lowest BCUT2D eigenvalue weighted by Gasteiger charge is -2.31. The number of β-amino-alcohol motifs (C(OH)–C–C–N with tert-alkyl or cyclic N) is 1. The van der Waals surface area contributed by atoms with Crippen LogP contribution in [-0.2, 0) is 4.79 Å². The van der Waals surface area contributed by atoms with Crippen LogP contribution in [0.25, 0.3) is 0 Å². The largest absolute Gasteiger partial charge is 0.387 e. The van der Waals surface area contributed by atoms with Crippen LogP contribution in [0.2, 0.25) is 0 Å². The van der Waals surface area contributed by atoms with Crippen LogP contribution in [0.3, 0.4) is 0 Å². The number of amides is 1. The molecule has 4 heteroatoms. The smallest absolute Gasteiger partial charge is 0.223 e. The van der Waals surface area contributed by atoms with Crippen LogP contribution in [0.1, 0.15) is 27.2 Å². The number of hydrogen-bond acceptors (Lipinski definition) is 3. The zero-order valence-electron chi connectivity index (χ0n) is 10.7. The summed E-state index contributed by atoms with van der Waals surface area (Å²) in [4.78, 5) is 13.7. The minimum absolute atomic E-state index is 0.172. The van der Waals surface area contributed by atoms with Gasteiger partial charge in [0.15, 0.2) is 0 Å². The van der Waals surface area contributed by atoms with E-state index in [1.54, 1.807) is 11.8 Å². The van der Waals surface area contributed by atoms with Crippen LogP contribution in [0.15, 0.2) is 0 Å². The van der Waals surface area contributed by atoms with E-state index < -0.39 is 5.60 Å². The van der Waals surface area contributed by atoms with Gasteiger partial charge in [0.1, 0.15) is 0 Å². The molecule has 94 valence electrons. The monoisotopic (exact) mass is 245 g/mol. The van der Waals surface area contributed by atoms with Crippen molar-refractivity contribution in [2.24, 2.45) is 11.8 Å². The molecule has 1 aliphatic heterocycles. The van der Waals surface area contributed by atoms with E-state index in [1.807, 2.05) is 31.9 Å². The third kappa shape index (κ3) is 2.72. The fourth-order valence-corrected chi connectivity index (χ4v) is 2.68. The third-order valence-corrected chi connectivity index (χ3v) is 4.28. The zero-order valence-corrected chi connectivity index (χ0v) is 11.5. The second kappa shape index (κ2) is 5.41. The van der Waals surface area contributed by atoms with Gasteiger partial charge in [0.25, 0.3) is 0 Å². The van der Waals surface area contributed by atoms with Gasteiger partial charge in [-0.3, -0.25) is 4.79 Å². The molecular formula is C12H23NO2S. The van der Waals surface area contributed by atoms with Crippen LogP contribution in [-0.4, -0.2) is 46.6 Å². The van der Waals surface area contributed by atoms with Crippen molar-refractivity contribution in [2.75, 3.05) is 25.1 Å². The average Bonchev–Trinajstić information content (AvgIpc) is 2.53. The molecule has 1 saturated heterocycles. The minimum Gasteiger partial charge on any atom is -0.387 e. The highest BCUT2D eigenvalue weighted by molar-refractivity contribution is 7.98. The number of rotatable bonds is 4. The van der Waals surface area contributed by atoms with Gasteiger partial charge in [0, 0.05) is 31.2 Å². The predicted molar refractivity (Wildman–Crippen MR) is 68.5 cm³/mol. The topological polar surface area (TPSA) is 40.5 Å². The van der Waals surface area contributed by atoms with Gasteiger partial charge >= 0.3 is 0 Å². The average molecular weight is 245 g/mol. The molecule has 1 amide bonds. The van der Waals surface area contributed by atoms with E-state index >= 15 is 0 Å². The van der Waals surface area contributed by atoms with E-state index in [-0.39, 0.29) is 17.7 Å². The first-order valence-electron chi connectivity index (χ1n) is 5.91. The lowest BCUT2D eigenvalue weighted by atomic mass is 9.82. The lowest BCUT2D eigenvalue weighted by Crippen LogP contribution is -2.43. The van der Waals surface area contributed by atoms with Crippen molar-refractivity contribution in [3.8, 4) is 0 Å². The number of likely N-dealkylation sites (tertiary alicyclic amines) is 1. The van der Waals surface area contributed by atoms with Crippen molar-refractivity contribution >= 4 is 17.7 Å². The Morgan fingerprint density at radius 1 is 1.62 bits per heavy atom. The Balaban J connectivity index is 2.59. The Hall–Kier alpha value is -0.220. The number of hydrogen-bond donors (Lipinski definition) is 1. The second-order valence-electron chi connectivity index (χ2n) is 5.06. The van der Waals surface area contributed by atoms with Crippen LogP contribution >= 0.6 is 11.8 Å². The summed E-state index contributed by atoms with van der Waals surface area (Å²) in [6.07, 6.45) is 2.59. The summed E-state index contributed by atoms with van der Waals surface area (Å²) in [6, 6.07) is 0. The Kier molecular flexibility index (Phi) is 4.68. The number of thioether (sulfide) groups is 1. The molecule has 1 N–H and O–H groups in total. The molecule has 1 fully saturated rings. The summed E-state index contributed by atoms with van der Waals surface area (Å²) in [6.45, 7) is 7.27. The van der Waals surface area contributed by atoms with Gasteiger partial charge in [-0.25, -0.2) is 0 Å². The maximum Gasteiger partial charge on any atom is 0.223 e. The highest BCUT2D eigenvalue weighted by Gasteiger charge is 2.45. The number of nitrogens with zero attached hydrogens (tertiary/aromatic N) is 1. The molecule has 1 rings (SSSR count). The Morgan fingerprint density at radius 2 is 2.25 bits per heavy atom. The molecule has 16 heavy (non-hydrogen) atoms. The summed E-state index contributed by atoms with van der Waals surface area (Å²) >= 11 is 1.69. The van der Waals surface area contributed by atoms with Crippen molar-refractivity contribution in [1.82, 2.24) is 4.90 Å². The summed E-state index contributed by atoms with van der Waals surface area (Å²) in [5, 5.41) is 10.5. The summed E-state index contributed by atoms with van der Waals surface area (Å²) in [5.74, 6) is 1.41. The van der Waals surface area contributed by atoms with E-state index in [4.69, 9.17) is 0 Å². The van der Waals surface area contributed by atoms with Crippen LogP contribution in [0, 0.1) is 11.8 Å². The molecule has 0 saturated carbocycles. The van der Waals surface area contributed by atoms with Gasteiger partial charge in [-0.15, -0.1) is 0 Å². The highest BCUT2D eigenvalue weighted by atomic mass is 32.2. The van der Waals surface area contributed by atoms with Crippen molar-refractivity contribution in [2.45, 2.75) is 32.8 Å². The zero-order chi connectivity index (χ0) is 12.3. The summed E-state index contributed by atoms with van der Waals surface area (Å²) in [5.41, 5.74) is -0.699. The molecule has 0 aromatic rings. The highest BCUT2D eigenvalue weighted by Crippen LogP contribution is 2.34. The van der Waals surface area contributed by atoms with E-state index in [2.05, 4.69) is 0 Å². The molecule has 0 radical (unpaired) electrons. The molecule has 1 heterocycles. The van der Waals surface area contributed by atoms with Gasteiger partial charge in [0.2, 0.25) is 5.91 Å². The minimum atomic E-state index is -0.699. The second-order valence-corrected chi connectivity index (χ2v) is 6.05. The number of carbonyl (C=O) groups excluding carboxylic acids is 1. The van der Waals surface area contributed by atoms with Crippen molar-refractivity contribution in [3.63, 3.8) is 0 Å². The van der Waals surface area contributed by atoms with Crippen LogP contribution in [0.5, 0.6) is 0 Å². The SMILES string of the molecule is CSCCC(=O)N1C[C@H](C)[C@@](O)(C(C)C)C1. The molecule has 0 aromatic carbocycles. The van der Waals surface area contributed by atoms with Crippen LogP contribution in [0.4, 0.5) is 0 Å². The third-order valence-electron chi connectivity index (χ3n) is 3.66. The molecule has 2 atom stereocenters. The maximum absolute atomic E-state index is 11.9. The van der Waals surface area contributed by atoms with E-state index in [9.17, 15) is 9.90 Å². The van der Waals surface area contributed by atoms with Crippen LogP contribution < -0.4 is 0 Å². The number of carbonyl (C=O) groups is 1. The van der Waals surface area contributed by atoms with Gasteiger partial charge in [-0.2, -0.15) is 11.8 Å². The maximum atomic E-state index is 11.9. The normalized spacial score (nSPS) is 30.1. The van der Waals surface area contributed by atoms with Gasteiger partial charge < -0.3 is 10.0 Å². The first kappa shape index (κ1) is 13.8. The first-order valence-corrected chi connectivity index (χ1v) is 7.30. The molecule has 1 aliphatic rings. The molecule has 0 spiro atoms. The quantitative estimate of drug-likeness (QED) is 0.818. The number of aliphatic hydroxyl groups is 1. The van der Waals surface area contributed by atoms with Gasteiger partial charge in [0.05, 0.1) is 5.60 Å². The Morgan fingerprint density at radius 3 is 2.69 bits per heavy atom. The predicted octanol–water partition coefficient (Wildman–Crippen LogP) is 1.60. The molecule has 3 nitrogen and oxygen atoms in total. The molecule has 0 aromatic heterocycles. The van der Waals surface area contributed by atoms with E-state index in [0.717, 1.165) is 5.75 Å². The lowest BCUT2D eigenvalue weighted by molar-refractivity contribution is -0.131. The Bertz CT molecular complexity index is 257. The first-order chi connectivity index (χ1) is 7.41. The van der Waals surface area contributed by atoms with Crippen molar-refractivity contribution in [1.29, 1.82) is 0 Å². The summed E-state index contributed by atoms with van der Waals surface area (Å²) < 4.78 is 0. The summed E-state index contributed by atoms with van der Waals surface area (Å²) in [7, 11) is 0. The van der Waals surface area contributed by atoms with Gasteiger partial charge in [-0.05, 0) is 12.2 Å².